The van der Waals surface area contributed by atoms with Crippen LogP contribution in [0.5, 0.6) is 0 Å². The minimum Gasteiger partial charge on any atom is -0.352 e. The predicted octanol–water partition coefficient (Wildman–Crippen LogP) is 1.22. The van der Waals surface area contributed by atoms with Crippen LogP contribution in [0.1, 0.15) is 40.5 Å². The van der Waals surface area contributed by atoms with Crippen LogP contribution in [0.15, 0.2) is 0 Å². The number of rotatable bonds is 10. The smallest absolute Gasteiger partial charge is 0.234 e. The lowest BCUT2D eigenvalue weighted by Crippen LogP contribution is -2.41. The summed E-state index contributed by atoms with van der Waals surface area (Å²) in [7, 11) is 0. The minimum atomic E-state index is 0.109. The summed E-state index contributed by atoms with van der Waals surface area (Å²) < 4.78 is 0. The zero-order valence-electron chi connectivity index (χ0n) is 11.9. The molecule has 0 atom stereocenters. The maximum atomic E-state index is 11.6. The Bertz CT molecular complexity index is 189. The highest BCUT2D eigenvalue weighted by molar-refractivity contribution is 5.78. The van der Waals surface area contributed by atoms with Crippen LogP contribution in [0.25, 0.3) is 0 Å². The number of carbonyl (C=O) groups excluding carboxylic acids is 1. The molecule has 0 rings (SSSR count). The van der Waals surface area contributed by atoms with Gasteiger partial charge in [0, 0.05) is 19.1 Å². The molecule has 0 saturated heterocycles. The molecule has 0 aliphatic heterocycles. The number of carbonyl (C=O) groups is 1. The fourth-order valence-electron chi connectivity index (χ4n) is 1.75. The maximum absolute atomic E-state index is 11.6. The van der Waals surface area contributed by atoms with Crippen molar-refractivity contribution in [2.75, 3.05) is 32.7 Å². The summed E-state index contributed by atoms with van der Waals surface area (Å²) in [6.45, 7) is 13.0. The van der Waals surface area contributed by atoms with Crippen molar-refractivity contribution in [3.8, 4) is 0 Å². The Balaban J connectivity index is 3.57. The van der Waals surface area contributed by atoms with E-state index in [1.165, 1.54) is 0 Å². The van der Waals surface area contributed by atoms with Crippen LogP contribution in [0, 0.1) is 0 Å². The molecule has 4 nitrogen and oxygen atoms in total. The second-order valence-electron chi connectivity index (χ2n) is 4.28. The van der Waals surface area contributed by atoms with E-state index in [0.717, 1.165) is 39.0 Å². The fraction of sp³-hybridized carbons (Fsp3) is 0.923. The van der Waals surface area contributed by atoms with E-state index in [4.69, 9.17) is 0 Å². The van der Waals surface area contributed by atoms with E-state index < -0.39 is 0 Å². The predicted molar refractivity (Wildman–Crippen MR) is 73.2 cm³/mol. The fourth-order valence-corrected chi connectivity index (χ4v) is 1.75. The lowest BCUT2D eigenvalue weighted by atomic mass is 10.2. The summed E-state index contributed by atoms with van der Waals surface area (Å²) in [5.74, 6) is 0.109. The van der Waals surface area contributed by atoms with Gasteiger partial charge >= 0.3 is 0 Å². The van der Waals surface area contributed by atoms with Gasteiger partial charge in [0.2, 0.25) is 5.91 Å². The van der Waals surface area contributed by atoms with Gasteiger partial charge in [-0.05, 0) is 25.9 Å². The van der Waals surface area contributed by atoms with Gasteiger partial charge in [0.25, 0.3) is 0 Å². The summed E-state index contributed by atoms with van der Waals surface area (Å²) in [6.07, 6.45) is 2.00. The second-order valence-corrected chi connectivity index (χ2v) is 4.28. The van der Waals surface area contributed by atoms with Gasteiger partial charge < -0.3 is 15.5 Å². The monoisotopic (exact) mass is 243 g/mol. The maximum Gasteiger partial charge on any atom is 0.234 e. The first-order chi connectivity index (χ1) is 8.17. The zero-order chi connectivity index (χ0) is 13.1. The Morgan fingerprint density at radius 3 is 2.18 bits per heavy atom. The van der Waals surface area contributed by atoms with E-state index in [9.17, 15) is 4.79 Å². The normalized spacial score (nSPS) is 11.2. The summed E-state index contributed by atoms with van der Waals surface area (Å²) in [4.78, 5) is 13.9. The van der Waals surface area contributed by atoms with Gasteiger partial charge in [0.1, 0.15) is 0 Å². The standard InChI is InChI=1S/C13H29N3O/c1-5-12(6-2)15-13(17)11-14-9-10-16(7-3)8-4/h12,14H,5-11H2,1-4H3,(H,15,17). The molecule has 0 saturated carbocycles. The molecule has 1 amide bonds. The van der Waals surface area contributed by atoms with Gasteiger partial charge in [0.05, 0.1) is 6.54 Å². The topological polar surface area (TPSA) is 44.4 Å². The number of nitrogens with zero attached hydrogens (tertiary/aromatic N) is 1. The largest absolute Gasteiger partial charge is 0.352 e. The van der Waals surface area contributed by atoms with Crippen molar-refractivity contribution in [2.24, 2.45) is 0 Å². The van der Waals surface area contributed by atoms with Crippen LogP contribution in [-0.4, -0.2) is 49.6 Å². The lowest BCUT2D eigenvalue weighted by Gasteiger charge is -2.18. The molecule has 0 aliphatic carbocycles. The van der Waals surface area contributed by atoms with Gasteiger partial charge in [-0.3, -0.25) is 4.79 Å². The summed E-state index contributed by atoms with van der Waals surface area (Å²) in [6, 6.07) is 0.326. The van der Waals surface area contributed by atoms with Gasteiger partial charge in [-0.2, -0.15) is 0 Å². The van der Waals surface area contributed by atoms with Crippen molar-refractivity contribution in [3.05, 3.63) is 0 Å². The molecule has 0 radical (unpaired) electrons. The van der Waals surface area contributed by atoms with Crippen LogP contribution in [-0.2, 0) is 4.79 Å². The lowest BCUT2D eigenvalue weighted by molar-refractivity contribution is -0.121. The highest BCUT2D eigenvalue weighted by atomic mass is 16.1. The van der Waals surface area contributed by atoms with Crippen molar-refractivity contribution < 1.29 is 4.79 Å². The van der Waals surface area contributed by atoms with Crippen molar-refractivity contribution in [1.29, 1.82) is 0 Å². The molecule has 4 heteroatoms. The number of nitrogens with one attached hydrogen (secondary N) is 2. The third-order valence-corrected chi connectivity index (χ3v) is 3.14. The molecule has 0 aromatic carbocycles. The third-order valence-electron chi connectivity index (χ3n) is 3.14. The number of amides is 1. The Labute approximate surface area is 106 Å². The molecule has 2 N–H and O–H groups in total. The molecular weight excluding hydrogens is 214 g/mol. The first-order valence-corrected chi connectivity index (χ1v) is 6.90. The van der Waals surface area contributed by atoms with Crippen LogP contribution >= 0.6 is 0 Å². The van der Waals surface area contributed by atoms with Gasteiger partial charge in [-0.15, -0.1) is 0 Å². The van der Waals surface area contributed by atoms with Gasteiger partial charge in [-0.1, -0.05) is 27.7 Å². The summed E-state index contributed by atoms with van der Waals surface area (Å²) >= 11 is 0. The van der Waals surface area contributed by atoms with E-state index in [0.29, 0.717) is 12.6 Å². The summed E-state index contributed by atoms with van der Waals surface area (Å²) in [5, 5.41) is 6.20. The molecule has 0 bridgehead atoms. The van der Waals surface area contributed by atoms with Crippen LogP contribution in [0.2, 0.25) is 0 Å². The number of hydrogen-bond acceptors (Lipinski definition) is 3. The van der Waals surface area contributed by atoms with E-state index in [2.05, 4.69) is 43.2 Å². The number of hydrogen-bond donors (Lipinski definition) is 2. The molecule has 0 aromatic heterocycles. The zero-order valence-corrected chi connectivity index (χ0v) is 11.9. The highest BCUT2D eigenvalue weighted by Crippen LogP contribution is 1.94. The molecule has 0 unspecified atom stereocenters. The Morgan fingerprint density at radius 2 is 1.71 bits per heavy atom. The first-order valence-electron chi connectivity index (χ1n) is 6.90. The van der Waals surface area contributed by atoms with E-state index in [1.54, 1.807) is 0 Å². The first kappa shape index (κ1) is 16.4. The Morgan fingerprint density at radius 1 is 1.12 bits per heavy atom. The van der Waals surface area contributed by atoms with E-state index in [-0.39, 0.29) is 5.91 Å². The number of likely N-dealkylation sites (N-methyl/N-ethyl adjacent to an activating group) is 1. The average Bonchev–Trinajstić information content (AvgIpc) is 2.36. The van der Waals surface area contributed by atoms with Crippen molar-refractivity contribution >= 4 is 5.91 Å². The average molecular weight is 243 g/mol. The third kappa shape index (κ3) is 8.16. The Hall–Kier alpha value is -0.610. The van der Waals surface area contributed by atoms with Gasteiger partial charge in [0.15, 0.2) is 0 Å². The highest BCUT2D eigenvalue weighted by Gasteiger charge is 2.07. The Kier molecular flexibility index (Phi) is 10.2. The van der Waals surface area contributed by atoms with Crippen molar-refractivity contribution in [3.63, 3.8) is 0 Å². The molecule has 0 heterocycles. The molecule has 102 valence electrons. The minimum absolute atomic E-state index is 0.109. The molecular formula is C13H29N3O. The van der Waals surface area contributed by atoms with Crippen LogP contribution < -0.4 is 10.6 Å². The second kappa shape index (κ2) is 10.5. The SMILES string of the molecule is CCC(CC)NC(=O)CNCCN(CC)CC. The molecule has 0 aliphatic rings. The molecule has 17 heavy (non-hydrogen) atoms. The van der Waals surface area contributed by atoms with E-state index >= 15 is 0 Å². The van der Waals surface area contributed by atoms with Crippen LogP contribution in [0.3, 0.4) is 0 Å². The molecule has 0 fully saturated rings. The summed E-state index contributed by atoms with van der Waals surface area (Å²) in [5.41, 5.74) is 0. The van der Waals surface area contributed by atoms with Gasteiger partial charge in [-0.25, -0.2) is 0 Å². The molecule has 0 spiro atoms. The molecule has 0 aromatic rings. The quantitative estimate of drug-likeness (QED) is 0.567. The van der Waals surface area contributed by atoms with Crippen LogP contribution in [0.4, 0.5) is 0 Å². The van der Waals surface area contributed by atoms with Crippen molar-refractivity contribution in [2.45, 2.75) is 46.6 Å². The van der Waals surface area contributed by atoms with Crippen molar-refractivity contribution in [1.82, 2.24) is 15.5 Å². The van der Waals surface area contributed by atoms with E-state index in [1.807, 2.05) is 0 Å².